The van der Waals surface area contributed by atoms with Crippen LogP contribution in [0.5, 0.6) is 0 Å². The van der Waals surface area contributed by atoms with Crippen molar-refractivity contribution in [1.29, 1.82) is 0 Å². The lowest BCUT2D eigenvalue weighted by Crippen LogP contribution is -2.39. The van der Waals surface area contributed by atoms with Gasteiger partial charge in [0.25, 0.3) is 5.91 Å². The maximum Gasteiger partial charge on any atom is 0.433 e. The maximum atomic E-state index is 13.6. The Morgan fingerprint density at radius 3 is 2.84 bits per heavy atom. The second-order valence-electron chi connectivity index (χ2n) is 7.86. The summed E-state index contributed by atoms with van der Waals surface area (Å²) in [5.74, 6) is -0.314. The minimum atomic E-state index is -4.56. The highest BCUT2D eigenvalue weighted by atomic mass is 19.4. The standard InChI is InChI=1S/C22H19F3N4O2/c1-13-9-19-26-17(10-18(22(23,24)25)29(19)27-13)14-6-4-8-28(11-14)21(30)20-16-7-3-2-5-15(16)12-31-20/h2-3,5,7,9-10,12,14H,4,6,8,11H2,1H3/t14-/m1/s1. The van der Waals surface area contributed by atoms with Gasteiger partial charge >= 0.3 is 6.18 Å². The Morgan fingerprint density at radius 1 is 1.23 bits per heavy atom. The summed E-state index contributed by atoms with van der Waals surface area (Å²) in [6, 6.07) is 9.96. The Morgan fingerprint density at radius 2 is 2.03 bits per heavy atom. The van der Waals surface area contributed by atoms with Crippen LogP contribution in [0.25, 0.3) is 16.4 Å². The molecule has 31 heavy (non-hydrogen) atoms. The molecule has 9 heteroatoms. The van der Waals surface area contributed by atoms with E-state index in [1.807, 2.05) is 24.3 Å². The summed E-state index contributed by atoms with van der Waals surface area (Å²) in [5, 5.41) is 5.49. The van der Waals surface area contributed by atoms with Crippen molar-refractivity contribution < 1.29 is 22.4 Å². The minimum absolute atomic E-state index is 0.155. The number of carbonyl (C=O) groups is 1. The van der Waals surface area contributed by atoms with Crippen molar-refractivity contribution in [1.82, 2.24) is 19.5 Å². The van der Waals surface area contributed by atoms with Crippen LogP contribution in [0.4, 0.5) is 13.2 Å². The molecule has 1 aromatic carbocycles. The van der Waals surface area contributed by atoms with E-state index in [1.54, 1.807) is 11.8 Å². The zero-order valence-corrected chi connectivity index (χ0v) is 16.7. The van der Waals surface area contributed by atoms with Gasteiger partial charge in [-0.1, -0.05) is 24.3 Å². The van der Waals surface area contributed by atoms with Crippen molar-refractivity contribution in [2.24, 2.45) is 0 Å². The number of nitrogens with zero attached hydrogens (tertiary/aromatic N) is 4. The number of likely N-dealkylation sites (tertiary alicyclic amines) is 1. The topological polar surface area (TPSA) is 63.6 Å². The van der Waals surface area contributed by atoms with Gasteiger partial charge in [-0.3, -0.25) is 4.79 Å². The quantitative estimate of drug-likeness (QED) is 0.459. The molecular weight excluding hydrogens is 409 g/mol. The Labute approximate surface area is 175 Å². The molecule has 0 aliphatic carbocycles. The van der Waals surface area contributed by atoms with Gasteiger partial charge in [-0.15, -0.1) is 0 Å². The number of rotatable bonds is 2. The monoisotopic (exact) mass is 428 g/mol. The third-order valence-electron chi connectivity index (χ3n) is 5.69. The van der Waals surface area contributed by atoms with Gasteiger partial charge in [-0.2, -0.15) is 18.3 Å². The molecule has 3 aromatic heterocycles. The number of hydrogen-bond acceptors (Lipinski definition) is 4. The molecule has 1 fully saturated rings. The van der Waals surface area contributed by atoms with Gasteiger partial charge in [0.2, 0.25) is 0 Å². The van der Waals surface area contributed by atoms with Crippen LogP contribution < -0.4 is 0 Å². The number of alkyl halides is 3. The SMILES string of the molecule is Cc1cc2nc([C@@H]3CCCN(C(=O)c4occ5ccccc45)C3)cc(C(F)(F)F)n2n1. The molecular formula is C22H19F3N4O2. The zero-order valence-electron chi connectivity index (χ0n) is 16.7. The van der Waals surface area contributed by atoms with E-state index in [9.17, 15) is 18.0 Å². The lowest BCUT2D eigenvalue weighted by Gasteiger charge is -2.32. The number of benzene rings is 1. The number of hydrogen-bond donors (Lipinski definition) is 0. The molecule has 5 rings (SSSR count). The van der Waals surface area contributed by atoms with Crippen molar-refractivity contribution in [3.63, 3.8) is 0 Å². The summed E-state index contributed by atoms with van der Waals surface area (Å²) in [6.45, 7) is 2.43. The van der Waals surface area contributed by atoms with E-state index >= 15 is 0 Å². The van der Waals surface area contributed by atoms with Crippen LogP contribution in [0.1, 0.15) is 46.4 Å². The van der Waals surface area contributed by atoms with Gasteiger partial charge in [-0.05, 0) is 25.8 Å². The predicted octanol–water partition coefficient (Wildman–Crippen LogP) is 4.82. The highest BCUT2D eigenvalue weighted by Crippen LogP contribution is 2.34. The summed E-state index contributed by atoms with van der Waals surface area (Å²) < 4.78 is 47.3. The Kier molecular flexibility index (Phi) is 4.49. The zero-order chi connectivity index (χ0) is 21.8. The molecule has 1 amide bonds. The van der Waals surface area contributed by atoms with E-state index < -0.39 is 11.9 Å². The molecule has 0 spiro atoms. The molecule has 1 saturated heterocycles. The number of furan rings is 1. The molecule has 6 nitrogen and oxygen atoms in total. The molecule has 4 heterocycles. The first-order valence-corrected chi connectivity index (χ1v) is 10.0. The van der Waals surface area contributed by atoms with E-state index in [4.69, 9.17) is 4.42 Å². The summed E-state index contributed by atoms with van der Waals surface area (Å²) >= 11 is 0. The molecule has 0 bridgehead atoms. The average Bonchev–Trinajstić information content (AvgIpc) is 3.34. The summed E-state index contributed by atoms with van der Waals surface area (Å²) in [4.78, 5) is 19.2. The van der Waals surface area contributed by atoms with Crippen LogP contribution in [-0.2, 0) is 6.18 Å². The van der Waals surface area contributed by atoms with Crippen molar-refractivity contribution in [3.8, 4) is 0 Å². The molecule has 0 N–H and O–H groups in total. The summed E-state index contributed by atoms with van der Waals surface area (Å²) in [5.41, 5.74) is 0.0747. The molecule has 0 unspecified atom stereocenters. The van der Waals surface area contributed by atoms with Crippen LogP contribution in [-0.4, -0.2) is 38.5 Å². The van der Waals surface area contributed by atoms with Gasteiger partial charge in [0.15, 0.2) is 11.4 Å². The van der Waals surface area contributed by atoms with Crippen molar-refractivity contribution in [2.75, 3.05) is 13.1 Å². The third kappa shape index (κ3) is 3.43. The van der Waals surface area contributed by atoms with Gasteiger partial charge < -0.3 is 9.32 Å². The fraction of sp³-hybridized carbons (Fsp3) is 0.318. The third-order valence-corrected chi connectivity index (χ3v) is 5.69. The van der Waals surface area contributed by atoms with Gasteiger partial charge in [0, 0.05) is 41.5 Å². The normalized spacial score (nSPS) is 17.5. The van der Waals surface area contributed by atoms with E-state index in [0.717, 1.165) is 21.4 Å². The van der Waals surface area contributed by atoms with Crippen LogP contribution >= 0.6 is 0 Å². The molecule has 1 aliphatic rings. The van der Waals surface area contributed by atoms with Crippen LogP contribution in [0.2, 0.25) is 0 Å². The average molecular weight is 428 g/mol. The lowest BCUT2D eigenvalue weighted by molar-refractivity contribution is -0.142. The Bertz CT molecular complexity index is 1290. The largest absolute Gasteiger partial charge is 0.458 e. The van der Waals surface area contributed by atoms with Crippen LogP contribution in [0.3, 0.4) is 0 Å². The molecule has 160 valence electrons. The minimum Gasteiger partial charge on any atom is -0.458 e. The maximum absolute atomic E-state index is 13.6. The molecule has 4 aromatic rings. The van der Waals surface area contributed by atoms with Crippen molar-refractivity contribution in [2.45, 2.75) is 31.9 Å². The van der Waals surface area contributed by atoms with Gasteiger partial charge in [0.05, 0.1) is 12.0 Å². The highest BCUT2D eigenvalue weighted by Gasteiger charge is 2.37. The van der Waals surface area contributed by atoms with E-state index in [-0.39, 0.29) is 29.8 Å². The Hall–Kier alpha value is -3.36. The molecule has 0 radical (unpaired) electrons. The van der Waals surface area contributed by atoms with Gasteiger partial charge in [0.1, 0.15) is 5.69 Å². The summed E-state index contributed by atoms with van der Waals surface area (Å²) in [6.07, 6.45) is -1.71. The van der Waals surface area contributed by atoms with Gasteiger partial charge in [-0.25, -0.2) is 9.50 Å². The Balaban J connectivity index is 1.48. The second-order valence-corrected chi connectivity index (χ2v) is 7.86. The van der Waals surface area contributed by atoms with E-state index in [2.05, 4.69) is 10.1 Å². The number of aromatic nitrogens is 3. The fourth-order valence-corrected chi connectivity index (χ4v) is 4.22. The van der Waals surface area contributed by atoms with E-state index in [1.165, 1.54) is 12.3 Å². The molecule has 1 aliphatic heterocycles. The first-order valence-electron chi connectivity index (χ1n) is 10.0. The van der Waals surface area contributed by atoms with Crippen molar-refractivity contribution in [3.05, 3.63) is 65.5 Å². The number of carbonyl (C=O) groups excluding carboxylic acids is 1. The number of halogens is 3. The lowest BCUT2D eigenvalue weighted by atomic mass is 9.93. The predicted molar refractivity (Wildman–Crippen MR) is 107 cm³/mol. The number of aryl methyl sites for hydroxylation is 1. The molecule has 1 atom stereocenters. The van der Waals surface area contributed by atoms with Crippen LogP contribution in [0, 0.1) is 6.92 Å². The van der Waals surface area contributed by atoms with E-state index in [0.29, 0.717) is 30.8 Å². The smallest absolute Gasteiger partial charge is 0.433 e. The second kappa shape index (κ2) is 7.11. The first-order chi connectivity index (χ1) is 14.8. The fourth-order valence-electron chi connectivity index (χ4n) is 4.22. The number of piperidine rings is 1. The molecule has 0 saturated carbocycles. The highest BCUT2D eigenvalue weighted by molar-refractivity contribution is 6.04. The number of fused-ring (bicyclic) bond motifs is 2. The van der Waals surface area contributed by atoms with Crippen LogP contribution in [0.15, 0.2) is 47.1 Å². The first kappa shape index (κ1) is 19.6. The number of amides is 1. The summed E-state index contributed by atoms with van der Waals surface area (Å²) in [7, 11) is 0. The van der Waals surface area contributed by atoms with Crippen molar-refractivity contribution >= 4 is 22.3 Å².